The van der Waals surface area contributed by atoms with E-state index in [4.69, 9.17) is 0 Å². The number of rotatable bonds is 1. The van der Waals surface area contributed by atoms with Crippen LogP contribution in [0.25, 0.3) is 0 Å². The first-order valence-electron chi connectivity index (χ1n) is 10.2. The smallest absolute Gasteiger partial charge is 0.210 e. The number of hydrogen-bond donors (Lipinski definition) is 1. The number of Topliss-reactive ketones (excluding diaryl/α,β-unsaturated/α-hetero) is 1. The number of aliphatic hydroxyl groups is 1. The number of carbonyl (C=O) groups excluding carboxylic acids is 1. The second-order valence-corrected chi connectivity index (χ2v) is 10.2. The van der Waals surface area contributed by atoms with Gasteiger partial charge in [-0.15, -0.1) is 0 Å². The van der Waals surface area contributed by atoms with Crippen LogP contribution in [0.3, 0.4) is 0 Å². The zero-order valence-corrected chi connectivity index (χ0v) is 16.2. The minimum atomic E-state index is -2.01. The minimum absolute atomic E-state index is 0.0395. The quantitative estimate of drug-likeness (QED) is 0.661. The maximum atomic E-state index is 14.2. The van der Waals surface area contributed by atoms with Crippen molar-refractivity contribution in [3.63, 3.8) is 0 Å². The number of hydrogen-bond acceptors (Lipinski definition) is 2. The number of allylic oxidation sites excluding steroid dienone is 1. The van der Waals surface area contributed by atoms with E-state index in [0.29, 0.717) is 23.5 Å². The largest absolute Gasteiger partial charge is 0.361 e. The van der Waals surface area contributed by atoms with E-state index in [-0.39, 0.29) is 29.1 Å². The summed E-state index contributed by atoms with van der Waals surface area (Å²) < 4.78 is 14.2. The molecular formula is C22H33FO2. The second kappa shape index (κ2) is 5.18. The third-order valence-corrected chi connectivity index (χ3v) is 9.50. The van der Waals surface area contributed by atoms with Gasteiger partial charge in [-0.3, -0.25) is 4.79 Å². The normalized spacial score (nSPS) is 55.0. The monoisotopic (exact) mass is 348 g/mol. The van der Waals surface area contributed by atoms with Gasteiger partial charge >= 0.3 is 0 Å². The van der Waals surface area contributed by atoms with Crippen molar-refractivity contribution in [1.29, 1.82) is 0 Å². The highest BCUT2D eigenvalue weighted by Crippen LogP contribution is 2.69. The Morgan fingerprint density at radius 1 is 1.12 bits per heavy atom. The lowest BCUT2D eigenvalue weighted by Crippen LogP contribution is -2.53. The molecule has 1 N–H and O–H groups in total. The summed E-state index contributed by atoms with van der Waals surface area (Å²) in [5.41, 5.74) is 1.12. The van der Waals surface area contributed by atoms with E-state index < -0.39 is 5.85 Å². The van der Waals surface area contributed by atoms with E-state index >= 15 is 0 Å². The molecule has 0 aromatic heterocycles. The predicted molar refractivity (Wildman–Crippen MR) is 96.5 cm³/mol. The van der Waals surface area contributed by atoms with Gasteiger partial charge in [-0.1, -0.05) is 32.4 Å². The molecule has 4 aliphatic rings. The van der Waals surface area contributed by atoms with E-state index in [1.165, 1.54) is 0 Å². The van der Waals surface area contributed by atoms with Crippen LogP contribution < -0.4 is 0 Å². The van der Waals surface area contributed by atoms with Gasteiger partial charge < -0.3 is 5.11 Å². The fourth-order valence-electron chi connectivity index (χ4n) is 7.45. The topological polar surface area (TPSA) is 37.3 Å². The first-order valence-corrected chi connectivity index (χ1v) is 10.2. The third kappa shape index (κ3) is 2.20. The van der Waals surface area contributed by atoms with Gasteiger partial charge in [0.15, 0.2) is 0 Å². The molecule has 0 heterocycles. The lowest BCUT2D eigenvalue weighted by atomic mass is 9.45. The maximum Gasteiger partial charge on any atom is 0.210 e. The van der Waals surface area contributed by atoms with Crippen LogP contribution in [0.2, 0.25) is 0 Å². The van der Waals surface area contributed by atoms with Crippen LogP contribution in [0.1, 0.15) is 79.1 Å². The molecular weight excluding hydrogens is 315 g/mol. The van der Waals surface area contributed by atoms with Crippen LogP contribution >= 0.6 is 0 Å². The molecule has 0 aromatic rings. The Morgan fingerprint density at radius 2 is 1.80 bits per heavy atom. The van der Waals surface area contributed by atoms with Gasteiger partial charge in [0.1, 0.15) is 5.78 Å². The summed E-state index contributed by atoms with van der Waals surface area (Å²) in [5.74, 6) is 0.132. The molecule has 3 heteroatoms. The van der Waals surface area contributed by atoms with Crippen LogP contribution in [-0.2, 0) is 4.79 Å². The molecule has 7 atom stereocenters. The van der Waals surface area contributed by atoms with Crippen molar-refractivity contribution >= 4 is 5.78 Å². The Kier molecular flexibility index (Phi) is 3.67. The number of ketones is 1. The SMILES string of the molecule is CC(=O)[C@@]1(C)CC[C@H]2[C@@H]3CC=C4CC(O)(F)CC[C@]4(C)[C@H]3CC[C@@]21C. The molecule has 0 spiro atoms. The Labute approximate surface area is 151 Å². The second-order valence-electron chi connectivity index (χ2n) is 10.2. The Bertz CT molecular complexity index is 638. The van der Waals surface area contributed by atoms with Crippen molar-refractivity contribution in [2.24, 2.45) is 34.0 Å². The standard InChI is InChI=1S/C22H33FO2/c1-14(24)20(3)9-8-18-16-6-5-15-13-22(23,25)12-11-19(15,2)17(16)7-10-21(18,20)4/h5,16-18,25H,6-13H2,1-4H3/t16-,17+,18+,19+,20-,21+,22?/m1/s1. The van der Waals surface area contributed by atoms with Gasteiger partial charge in [-0.25, -0.2) is 4.39 Å². The van der Waals surface area contributed by atoms with Crippen molar-refractivity contribution in [3.05, 3.63) is 11.6 Å². The third-order valence-electron chi connectivity index (χ3n) is 9.50. The number of halogens is 1. The van der Waals surface area contributed by atoms with Crippen molar-refractivity contribution in [2.45, 2.75) is 84.9 Å². The molecule has 0 aromatic carbocycles. The van der Waals surface area contributed by atoms with Crippen molar-refractivity contribution in [1.82, 2.24) is 0 Å². The molecule has 4 aliphatic carbocycles. The molecule has 140 valence electrons. The summed E-state index contributed by atoms with van der Waals surface area (Å²) in [4.78, 5) is 12.5. The molecule has 25 heavy (non-hydrogen) atoms. The van der Waals surface area contributed by atoms with Crippen molar-refractivity contribution < 1.29 is 14.3 Å². The van der Waals surface area contributed by atoms with E-state index in [1.54, 1.807) is 6.92 Å². The summed E-state index contributed by atoms with van der Waals surface area (Å²) in [6, 6.07) is 0. The first kappa shape index (κ1) is 17.7. The molecule has 0 aliphatic heterocycles. The summed E-state index contributed by atoms with van der Waals surface area (Å²) in [5, 5.41) is 9.90. The minimum Gasteiger partial charge on any atom is -0.361 e. The molecule has 3 fully saturated rings. The zero-order chi connectivity index (χ0) is 18.3. The fourth-order valence-corrected chi connectivity index (χ4v) is 7.45. The van der Waals surface area contributed by atoms with Crippen LogP contribution in [-0.4, -0.2) is 16.7 Å². The molecule has 2 nitrogen and oxygen atoms in total. The average Bonchev–Trinajstić information content (AvgIpc) is 2.81. The Morgan fingerprint density at radius 3 is 2.48 bits per heavy atom. The molecule has 0 saturated heterocycles. The molecule has 0 radical (unpaired) electrons. The Balaban J connectivity index is 1.69. The van der Waals surface area contributed by atoms with Gasteiger partial charge in [-0.05, 0) is 74.0 Å². The zero-order valence-electron chi connectivity index (χ0n) is 16.2. The lowest BCUT2D eigenvalue weighted by molar-refractivity contribution is -0.145. The Hall–Kier alpha value is -0.700. The molecule has 0 amide bonds. The van der Waals surface area contributed by atoms with Gasteiger partial charge in [-0.2, -0.15) is 0 Å². The van der Waals surface area contributed by atoms with Crippen LogP contribution in [0.15, 0.2) is 11.6 Å². The van der Waals surface area contributed by atoms with Gasteiger partial charge in [0.25, 0.3) is 0 Å². The van der Waals surface area contributed by atoms with Gasteiger partial charge in [0, 0.05) is 18.3 Å². The van der Waals surface area contributed by atoms with E-state index in [9.17, 15) is 14.3 Å². The van der Waals surface area contributed by atoms with Crippen LogP contribution in [0.4, 0.5) is 4.39 Å². The number of carbonyl (C=O) groups is 1. The van der Waals surface area contributed by atoms with Gasteiger partial charge in [0.2, 0.25) is 5.85 Å². The average molecular weight is 349 g/mol. The predicted octanol–water partition coefficient (Wildman–Crippen LogP) is 5.20. The van der Waals surface area contributed by atoms with Crippen molar-refractivity contribution in [3.8, 4) is 0 Å². The molecule has 3 saturated carbocycles. The maximum absolute atomic E-state index is 14.2. The highest BCUT2D eigenvalue weighted by atomic mass is 19.2. The summed E-state index contributed by atoms with van der Waals surface area (Å²) >= 11 is 0. The highest BCUT2D eigenvalue weighted by molar-refractivity contribution is 5.83. The van der Waals surface area contributed by atoms with Crippen LogP contribution in [0.5, 0.6) is 0 Å². The highest BCUT2D eigenvalue weighted by Gasteiger charge is 2.64. The first-order chi connectivity index (χ1) is 11.5. The van der Waals surface area contributed by atoms with Crippen LogP contribution in [0, 0.1) is 34.0 Å². The lowest BCUT2D eigenvalue weighted by Gasteiger charge is -2.59. The van der Waals surface area contributed by atoms with E-state index in [1.807, 2.05) is 0 Å². The van der Waals surface area contributed by atoms with E-state index in [0.717, 1.165) is 44.1 Å². The summed E-state index contributed by atoms with van der Waals surface area (Å²) in [6.45, 7) is 8.66. The number of fused-ring (bicyclic) bond motifs is 5. The van der Waals surface area contributed by atoms with Gasteiger partial charge in [0.05, 0.1) is 0 Å². The molecule has 0 bridgehead atoms. The number of alkyl halides is 1. The summed E-state index contributed by atoms with van der Waals surface area (Å²) in [6.07, 6.45) is 8.87. The fraction of sp³-hybridized carbons (Fsp3) is 0.864. The van der Waals surface area contributed by atoms with Crippen molar-refractivity contribution in [2.75, 3.05) is 0 Å². The summed E-state index contributed by atoms with van der Waals surface area (Å²) in [7, 11) is 0. The molecule has 1 unspecified atom stereocenters. The van der Waals surface area contributed by atoms with E-state index in [2.05, 4.69) is 26.8 Å². The molecule has 4 rings (SSSR count).